The SMILES string of the molecule is CCCCC1(CNCC)CCC1. The van der Waals surface area contributed by atoms with Gasteiger partial charge in [-0.05, 0) is 31.2 Å². The lowest BCUT2D eigenvalue weighted by Crippen LogP contribution is -2.39. The molecule has 1 aliphatic carbocycles. The van der Waals surface area contributed by atoms with Crippen molar-refractivity contribution in [2.45, 2.75) is 52.4 Å². The molecule has 1 nitrogen and oxygen atoms in total. The van der Waals surface area contributed by atoms with Crippen LogP contribution in [0.5, 0.6) is 0 Å². The molecule has 0 spiro atoms. The maximum absolute atomic E-state index is 3.50. The molecule has 1 aliphatic rings. The van der Waals surface area contributed by atoms with Gasteiger partial charge in [0.2, 0.25) is 0 Å². The van der Waals surface area contributed by atoms with Crippen LogP contribution in [0.1, 0.15) is 52.4 Å². The molecule has 0 aromatic carbocycles. The lowest BCUT2D eigenvalue weighted by molar-refractivity contribution is 0.114. The predicted molar refractivity (Wildman–Crippen MR) is 54.4 cm³/mol. The van der Waals surface area contributed by atoms with Crippen LogP contribution in [0.3, 0.4) is 0 Å². The first-order valence-electron chi connectivity index (χ1n) is 5.54. The smallest absolute Gasteiger partial charge is 0.000769 e. The zero-order valence-electron chi connectivity index (χ0n) is 8.66. The van der Waals surface area contributed by atoms with Gasteiger partial charge >= 0.3 is 0 Å². The Labute approximate surface area is 76.9 Å². The Bertz CT molecular complexity index is 106. The van der Waals surface area contributed by atoms with Crippen LogP contribution in [0.2, 0.25) is 0 Å². The summed E-state index contributed by atoms with van der Waals surface area (Å²) in [6, 6.07) is 0. The first kappa shape index (κ1) is 10.0. The van der Waals surface area contributed by atoms with Crippen molar-refractivity contribution >= 4 is 0 Å². The van der Waals surface area contributed by atoms with Gasteiger partial charge in [0.25, 0.3) is 0 Å². The Morgan fingerprint density at radius 3 is 2.42 bits per heavy atom. The molecule has 0 aromatic heterocycles. The molecule has 0 aliphatic heterocycles. The Morgan fingerprint density at radius 1 is 1.25 bits per heavy atom. The summed E-state index contributed by atoms with van der Waals surface area (Å²) in [6.45, 7) is 6.89. The quantitative estimate of drug-likeness (QED) is 0.644. The summed E-state index contributed by atoms with van der Waals surface area (Å²) >= 11 is 0. The number of nitrogens with one attached hydrogen (secondary N) is 1. The lowest BCUT2D eigenvalue weighted by Gasteiger charge is -2.42. The summed E-state index contributed by atoms with van der Waals surface area (Å²) in [6.07, 6.45) is 8.64. The third kappa shape index (κ3) is 2.48. The van der Waals surface area contributed by atoms with Crippen LogP contribution in [0.4, 0.5) is 0 Å². The van der Waals surface area contributed by atoms with Crippen molar-refractivity contribution in [1.82, 2.24) is 5.32 Å². The fourth-order valence-electron chi connectivity index (χ4n) is 2.13. The monoisotopic (exact) mass is 169 g/mol. The normalized spacial score (nSPS) is 20.5. The van der Waals surface area contributed by atoms with Crippen LogP contribution in [0, 0.1) is 5.41 Å². The molecule has 1 fully saturated rings. The predicted octanol–water partition coefficient (Wildman–Crippen LogP) is 2.96. The molecule has 1 N–H and O–H groups in total. The summed E-state index contributed by atoms with van der Waals surface area (Å²) in [5, 5.41) is 3.50. The average Bonchev–Trinajstić information content (AvgIpc) is 2.02. The molecule has 0 unspecified atom stereocenters. The third-order valence-electron chi connectivity index (χ3n) is 3.22. The van der Waals surface area contributed by atoms with E-state index in [1.165, 1.54) is 45.1 Å². The largest absolute Gasteiger partial charge is 0.316 e. The van der Waals surface area contributed by atoms with E-state index in [-0.39, 0.29) is 0 Å². The van der Waals surface area contributed by atoms with Gasteiger partial charge in [0.1, 0.15) is 0 Å². The topological polar surface area (TPSA) is 12.0 Å². The van der Waals surface area contributed by atoms with E-state index in [1.54, 1.807) is 0 Å². The molecule has 12 heavy (non-hydrogen) atoms. The van der Waals surface area contributed by atoms with Crippen molar-refractivity contribution in [1.29, 1.82) is 0 Å². The summed E-state index contributed by atoms with van der Waals surface area (Å²) in [7, 11) is 0. The van der Waals surface area contributed by atoms with Crippen LogP contribution in [-0.2, 0) is 0 Å². The Hall–Kier alpha value is -0.0400. The molecule has 0 amide bonds. The van der Waals surface area contributed by atoms with E-state index in [9.17, 15) is 0 Å². The number of rotatable bonds is 6. The van der Waals surface area contributed by atoms with Gasteiger partial charge in [-0.2, -0.15) is 0 Å². The highest BCUT2D eigenvalue weighted by molar-refractivity contribution is 4.89. The summed E-state index contributed by atoms with van der Waals surface area (Å²) < 4.78 is 0. The van der Waals surface area contributed by atoms with E-state index in [2.05, 4.69) is 19.2 Å². The summed E-state index contributed by atoms with van der Waals surface area (Å²) in [5.41, 5.74) is 0.714. The van der Waals surface area contributed by atoms with E-state index in [4.69, 9.17) is 0 Å². The van der Waals surface area contributed by atoms with Crippen molar-refractivity contribution in [3.05, 3.63) is 0 Å². The first-order valence-corrected chi connectivity index (χ1v) is 5.54. The maximum Gasteiger partial charge on any atom is 0.000769 e. The van der Waals surface area contributed by atoms with Crippen LogP contribution >= 0.6 is 0 Å². The van der Waals surface area contributed by atoms with Gasteiger partial charge < -0.3 is 5.32 Å². The molecule has 0 aromatic rings. The van der Waals surface area contributed by atoms with Crippen molar-refractivity contribution in [3.63, 3.8) is 0 Å². The van der Waals surface area contributed by atoms with Gasteiger partial charge in [-0.1, -0.05) is 33.1 Å². The standard InChI is InChI=1S/C11H23N/c1-3-5-7-11(8-6-9-11)10-12-4-2/h12H,3-10H2,1-2H3. The van der Waals surface area contributed by atoms with Crippen LogP contribution in [-0.4, -0.2) is 13.1 Å². The molecule has 0 heterocycles. The highest BCUT2D eigenvalue weighted by Gasteiger charge is 2.35. The van der Waals surface area contributed by atoms with E-state index in [0.717, 1.165) is 6.54 Å². The Morgan fingerprint density at radius 2 is 2.00 bits per heavy atom. The molecule has 1 rings (SSSR count). The van der Waals surface area contributed by atoms with Gasteiger partial charge in [-0.3, -0.25) is 0 Å². The molecule has 0 radical (unpaired) electrons. The molecule has 1 heteroatoms. The molecule has 0 saturated heterocycles. The highest BCUT2D eigenvalue weighted by Crippen LogP contribution is 2.44. The van der Waals surface area contributed by atoms with Crippen LogP contribution < -0.4 is 5.32 Å². The minimum atomic E-state index is 0.714. The van der Waals surface area contributed by atoms with Gasteiger partial charge in [-0.25, -0.2) is 0 Å². The Balaban J connectivity index is 2.19. The second kappa shape index (κ2) is 4.86. The van der Waals surface area contributed by atoms with Crippen molar-refractivity contribution in [3.8, 4) is 0 Å². The number of unbranched alkanes of at least 4 members (excludes halogenated alkanes) is 1. The summed E-state index contributed by atoms with van der Waals surface area (Å²) in [5.74, 6) is 0. The van der Waals surface area contributed by atoms with Crippen molar-refractivity contribution in [2.24, 2.45) is 5.41 Å². The molecule has 72 valence electrons. The second-order valence-electron chi connectivity index (χ2n) is 4.24. The fraction of sp³-hybridized carbons (Fsp3) is 1.00. The number of hydrogen-bond acceptors (Lipinski definition) is 1. The maximum atomic E-state index is 3.50. The summed E-state index contributed by atoms with van der Waals surface area (Å²) in [4.78, 5) is 0. The van der Waals surface area contributed by atoms with E-state index >= 15 is 0 Å². The zero-order chi connectivity index (χ0) is 8.86. The van der Waals surface area contributed by atoms with Crippen molar-refractivity contribution < 1.29 is 0 Å². The van der Waals surface area contributed by atoms with Crippen LogP contribution in [0.25, 0.3) is 0 Å². The molecule has 0 atom stereocenters. The fourth-order valence-corrected chi connectivity index (χ4v) is 2.13. The Kier molecular flexibility index (Phi) is 4.07. The van der Waals surface area contributed by atoms with Crippen LogP contribution in [0.15, 0.2) is 0 Å². The highest BCUT2D eigenvalue weighted by atomic mass is 14.9. The lowest BCUT2D eigenvalue weighted by atomic mass is 9.66. The van der Waals surface area contributed by atoms with Gasteiger partial charge in [0.15, 0.2) is 0 Å². The average molecular weight is 169 g/mol. The second-order valence-corrected chi connectivity index (χ2v) is 4.24. The van der Waals surface area contributed by atoms with Crippen molar-refractivity contribution in [2.75, 3.05) is 13.1 Å². The number of hydrogen-bond donors (Lipinski definition) is 1. The minimum Gasteiger partial charge on any atom is -0.316 e. The van der Waals surface area contributed by atoms with E-state index < -0.39 is 0 Å². The zero-order valence-corrected chi connectivity index (χ0v) is 8.66. The van der Waals surface area contributed by atoms with E-state index in [0.29, 0.717) is 5.41 Å². The molecule has 1 saturated carbocycles. The van der Waals surface area contributed by atoms with Gasteiger partial charge in [0, 0.05) is 6.54 Å². The van der Waals surface area contributed by atoms with E-state index in [1.807, 2.05) is 0 Å². The van der Waals surface area contributed by atoms with Gasteiger partial charge in [0.05, 0.1) is 0 Å². The third-order valence-corrected chi connectivity index (χ3v) is 3.22. The molecular formula is C11H23N. The minimum absolute atomic E-state index is 0.714. The first-order chi connectivity index (χ1) is 5.83. The molecular weight excluding hydrogens is 146 g/mol. The van der Waals surface area contributed by atoms with Gasteiger partial charge in [-0.15, -0.1) is 0 Å². The molecule has 0 bridgehead atoms.